The van der Waals surface area contributed by atoms with Crippen LogP contribution in [-0.4, -0.2) is 20.2 Å². The molecule has 0 spiro atoms. The number of aryl methyl sites for hydroxylation is 2. The van der Waals surface area contributed by atoms with Gasteiger partial charge in [0.05, 0.1) is 0 Å². The highest BCUT2D eigenvalue weighted by molar-refractivity contribution is 5.33. The van der Waals surface area contributed by atoms with Crippen molar-refractivity contribution < 1.29 is 4.74 Å². The van der Waals surface area contributed by atoms with E-state index in [1.807, 2.05) is 13.1 Å². The van der Waals surface area contributed by atoms with E-state index in [0.29, 0.717) is 0 Å². The predicted octanol–water partition coefficient (Wildman–Crippen LogP) is 1.90. The van der Waals surface area contributed by atoms with Crippen molar-refractivity contribution in [3.63, 3.8) is 0 Å². The van der Waals surface area contributed by atoms with Crippen LogP contribution in [-0.2, 0) is 0 Å². The second kappa shape index (κ2) is 4.87. The summed E-state index contributed by atoms with van der Waals surface area (Å²) in [4.78, 5) is 0. The van der Waals surface area contributed by atoms with Crippen molar-refractivity contribution in [2.24, 2.45) is 0 Å². The van der Waals surface area contributed by atoms with E-state index >= 15 is 0 Å². The first-order valence-electron chi connectivity index (χ1n) is 4.58. The van der Waals surface area contributed by atoms with Crippen LogP contribution in [0.5, 0.6) is 5.75 Å². The number of rotatable bonds is 4. The molecule has 0 fully saturated rings. The number of ether oxygens (including phenoxy) is 1. The molecule has 0 aliphatic rings. The second-order valence-electron chi connectivity index (χ2n) is 3.20. The molecule has 0 aliphatic heterocycles. The first kappa shape index (κ1) is 10.1. The van der Waals surface area contributed by atoms with Crippen molar-refractivity contribution in [3.8, 4) is 5.75 Å². The highest BCUT2D eigenvalue weighted by Gasteiger charge is 1.95. The number of hydrogen-bond donors (Lipinski definition) is 1. The normalized spacial score (nSPS) is 10.1. The van der Waals surface area contributed by atoms with Gasteiger partial charge in [-0.05, 0) is 44.2 Å². The summed E-state index contributed by atoms with van der Waals surface area (Å²) in [7, 11) is 1.92. The Morgan fingerprint density at radius 2 is 2.00 bits per heavy atom. The third-order valence-corrected chi connectivity index (χ3v) is 2.10. The van der Waals surface area contributed by atoms with Gasteiger partial charge >= 0.3 is 0 Å². The van der Waals surface area contributed by atoms with Gasteiger partial charge in [0.25, 0.3) is 0 Å². The third-order valence-electron chi connectivity index (χ3n) is 2.10. The van der Waals surface area contributed by atoms with Gasteiger partial charge in [0.2, 0.25) is 0 Å². The SMILES string of the molecule is CNCCOc1ccc(C)c(C)c1. The maximum absolute atomic E-state index is 5.52. The zero-order chi connectivity index (χ0) is 9.68. The summed E-state index contributed by atoms with van der Waals surface area (Å²) < 4.78 is 5.52. The third kappa shape index (κ3) is 3.07. The summed E-state index contributed by atoms with van der Waals surface area (Å²) in [6.45, 7) is 5.80. The molecule has 0 heterocycles. The Bertz CT molecular complexity index is 271. The van der Waals surface area contributed by atoms with Gasteiger partial charge in [-0.1, -0.05) is 6.07 Å². The van der Waals surface area contributed by atoms with E-state index < -0.39 is 0 Å². The van der Waals surface area contributed by atoms with E-state index in [-0.39, 0.29) is 0 Å². The lowest BCUT2D eigenvalue weighted by atomic mass is 10.1. The fourth-order valence-corrected chi connectivity index (χ4v) is 1.07. The van der Waals surface area contributed by atoms with Gasteiger partial charge in [0, 0.05) is 6.54 Å². The molecule has 1 rings (SSSR count). The van der Waals surface area contributed by atoms with Crippen molar-refractivity contribution in [2.75, 3.05) is 20.2 Å². The van der Waals surface area contributed by atoms with E-state index in [2.05, 4.69) is 31.3 Å². The average Bonchev–Trinajstić information content (AvgIpc) is 2.12. The molecule has 0 amide bonds. The van der Waals surface area contributed by atoms with Gasteiger partial charge < -0.3 is 10.1 Å². The lowest BCUT2D eigenvalue weighted by Gasteiger charge is -2.07. The fourth-order valence-electron chi connectivity index (χ4n) is 1.07. The van der Waals surface area contributed by atoms with Crippen molar-refractivity contribution in [1.29, 1.82) is 0 Å². The summed E-state index contributed by atoms with van der Waals surface area (Å²) in [6, 6.07) is 6.17. The minimum absolute atomic E-state index is 0.721. The summed E-state index contributed by atoms with van der Waals surface area (Å²) in [5, 5.41) is 3.04. The van der Waals surface area contributed by atoms with E-state index in [0.717, 1.165) is 18.9 Å². The first-order chi connectivity index (χ1) is 6.24. The van der Waals surface area contributed by atoms with Crippen LogP contribution >= 0.6 is 0 Å². The van der Waals surface area contributed by atoms with E-state index in [1.54, 1.807) is 0 Å². The van der Waals surface area contributed by atoms with Gasteiger partial charge in [-0.15, -0.1) is 0 Å². The molecule has 0 aromatic heterocycles. The van der Waals surface area contributed by atoms with Crippen LogP contribution in [0.1, 0.15) is 11.1 Å². The Morgan fingerprint density at radius 1 is 1.23 bits per heavy atom. The van der Waals surface area contributed by atoms with Crippen LogP contribution in [0.4, 0.5) is 0 Å². The maximum atomic E-state index is 5.52. The monoisotopic (exact) mass is 179 g/mol. The molecule has 72 valence electrons. The van der Waals surface area contributed by atoms with Crippen LogP contribution < -0.4 is 10.1 Å². The van der Waals surface area contributed by atoms with E-state index in [1.165, 1.54) is 11.1 Å². The molecule has 0 saturated heterocycles. The van der Waals surface area contributed by atoms with Gasteiger partial charge in [-0.2, -0.15) is 0 Å². The molecule has 0 bridgehead atoms. The van der Waals surface area contributed by atoms with Crippen molar-refractivity contribution in [1.82, 2.24) is 5.32 Å². The summed E-state index contributed by atoms with van der Waals surface area (Å²) in [5.74, 6) is 0.957. The molecule has 1 aromatic carbocycles. The molecule has 0 aliphatic carbocycles. The molecular formula is C11H17NO. The molecular weight excluding hydrogens is 162 g/mol. The van der Waals surface area contributed by atoms with Crippen LogP contribution in [0, 0.1) is 13.8 Å². The average molecular weight is 179 g/mol. The Morgan fingerprint density at radius 3 is 2.62 bits per heavy atom. The Labute approximate surface area is 79.9 Å². The lowest BCUT2D eigenvalue weighted by Crippen LogP contribution is -2.15. The smallest absolute Gasteiger partial charge is 0.119 e. The number of likely N-dealkylation sites (N-methyl/N-ethyl adjacent to an activating group) is 1. The quantitative estimate of drug-likeness (QED) is 0.713. The van der Waals surface area contributed by atoms with Crippen LogP contribution in [0.3, 0.4) is 0 Å². The van der Waals surface area contributed by atoms with Crippen molar-refractivity contribution >= 4 is 0 Å². The maximum Gasteiger partial charge on any atom is 0.119 e. The van der Waals surface area contributed by atoms with Crippen LogP contribution in [0.15, 0.2) is 18.2 Å². The second-order valence-corrected chi connectivity index (χ2v) is 3.20. The molecule has 1 N–H and O–H groups in total. The van der Waals surface area contributed by atoms with E-state index in [4.69, 9.17) is 4.74 Å². The molecule has 2 nitrogen and oxygen atoms in total. The summed E-state index contributed by atoms with van der Waals surface area (Å²) >= 11 is 0. The van der Waals surface area contributed by atoms with Gasteiger partial charge in [0.1, 0.15) is 12.4 Å². The van der Waals surface area contributed by atoms with Crippen molar-refractivity contribution in [2.45, 2.75) is 13.8 Å². The summed E-state index contributed by atoms with van der Waals surface area (Å²) in [6.07, 6.45) is 0. The number of benzene rings is 1. The highest BCUT2D eigenvalue weighted by Crippen LogP contribution is 2.15. The zero-order valence-corrected chi connectivity index (χ0v) is 8.55. The molecule has 0 unspecified atom stereocenters. The number of hydrogen-bond acceptors (Lipinski definition) is 2. The molecule has 1 aromatic rings. The Balaban J connectivity index is 2.53. The minimum Gasteiger partial charge on any atom is -0.492 e. The molecule has 0 saturated carbocycles. The van der Waals surface area contributed by atoms with E-state index in [9.17, 15) is 0 Å². The predicted molar refractivity (Wildman–Crippen MR) is 55.3 cm³/mol. The topological polar surface area (TPSA) is 21.3 Å². The molecule has 2 heteroatoms. The lowest BCUT2D eigenvalue weighted by molar-refractivity contribution is 0.318. The Hall–Kier alpha value is -1.02. The van der Waals surface area contributed by atoms with Gasteiger partial charge in [-0.25, -0.2) is 0 Å². The highest BCUT2D eigenvalue weighted by atomic mass is 16.5. The molecule has 0 radical (unpaired) electrons. The fraction of sp³-hybridized carbons (Fsp3) is 0.455. The Kier molecular flexibility index (Phi) is 3.77. The zero-order valence-electron chi connectivity index (χ0n) is 8.55. The molecule has 13 heavy (non-hydrogen) atoms. The molecule has 0 atom stereocenters. The van der Waals surface area contributed by atoms with Crippen molar-refractivity contribution in [3.05, 3.63) is 29.3 Å². The van der Waals surface area contributed by atoms with Gasteiger partial charge in [0.15, 0.2) is 0 Å². The summed E-state index contributed by atoms with van der Waals surface area (Å²) in [5.41, 5.74) is 2.59. The standard InChI is InChI=1S/C11H17NO/c1-9-4-5-11(8-10(9)2)13-7-6-12-3/h4-5,8,12H,6-7H2,1-3H3. The van der Waals surface area contributed by atoms with Crippen LogP contribution in [0.25, 0.3) is 0 Å². The largest absolute Gasteiger partial charge is 0.492 e. The van der Waals surface area contributed by atoms with Gasteiger partial charge in [-0.3, -0.25) is 0 Å². The first-order valence-corrected chi connectivity index (χ1v) is 4.58. The van der Waals surface area contributed by atoms with Crippen LogP contribution in [0.2, 0.25) is 0 Å². The number of nitrogens with one attached hydrogen (secondary N) is 1. The minimum atomic E-state index is 0.721.